The van der Waals surface area contributed by atoms with E-state index < -0.39 is 0 Å². The highest BCUT2D eigenvalue weighted by molar-refractivity contribution is 6.30. The number of nitrogens with zero attached hydrogens (tertiary/aromatic N) is 2. The zero-order valence-electron chi connectivity index (χ0n) is 25.2. The van der Waals surface area contributed by atoms with Gasteiger partial charge in [0.2, 0.25) is 0 Å². The molecule has 4 heteroatoms. The summed E-state index contributed by atoms with van der Waals surface area (Å²) in [5.41, 5.74) is 8.86. The number of hydrogen-bond acceptors (Lipinski definition) is 2. The smallest absolute Gasteiger partial charge is 0.138 e. The Labute approximate surface area is 253 Å². The summed E-state index contributed by atoms with van der Waals surface area (Å²) in [5.74, 6) is 3.61. The third-order valence-corrected chi connectivity index (χ3v) is 8.31. The monoisotopic (exact) mass is 572 g/mol. The van der Waals surface area contributed by atoms with Gasteiger partial charge < -0.3 is 4.74 Å². The minimum Gasteiger partial charge on any atom is -0.457 e. The second kappa shape index (κ2) is 11.3. The van der Waals surface area contributed by atoms with Gasteiger partial charge in [0.25, 0.3) is 0 Å². The molecule has 0 N–H and O–H groups in total. The van der Waals surface area contributed by atoms with Crippen LogP contribution in [0.1, 0.15) is 76.0 Å². The van der Waals surface area contributed by atoms with E-state index in [1.165, 1.54) is 33.2 Å². The number of halogens is 1. The van der Waals surface area contributed by atoms with Gasteiger partial charge in [0.15, 0.2) is 0 Å². The lowest BCUT2D eigenvalue weighted by molar-refractivity contribution is 0.483. The van der Waals surface area contributed by atoms with Crippen LogP contribution < -0.4 is 4.74 Å². The van der Waals surface area contributed by atoms with Gasteiger partial charge in [0.05, 0.1) is 11.0 Å². The highest BCUT2D eigenvalue weighted by atomic mass is 35.5. The first-order chi connectivity index (χ1) is 20.2. The van der Waals surface area contributed by atoms with Crippen LogP contribution in [-0.2, 0) is 0 Å². The average Bonchev–Trinajstić information content (AvgIpc) is 3.30. The van der Waals surface area contributed by atoms with Crippen LogP contribution >= 0.6 is 11.6 Å². The molecule has 6 aromatic rings. The summed E-state index contributed by atoms with van der Waals surface area (Å²) < 4.78 is 8.50. The summed E-state index contributed by atoms with van der Waals surface area (Å²) in [6.07, 6.45) is 1.95. The maximum atomic E-state index is 6.24. The number of para-hydroxylation sites is 1. The van der Waals surface area contributed by atoms with Crippen LogP contribution in [0.2, 0.25) is 5.02 Å². The second-order valence-corrected chi connectivity index (χ2v) is 12.5. The summed E-state index contributed by atoms with van der Waals surface area (Å²) in [7, 11) is 0. The van der Waals surface area contributed by atoms with Crippen LogP contribution in [0.25, 0.3) is 38.8 Å². The summed E-state index contributed by atoms with van der Waals surface area (Å²) in [4.78, 5) is 4.93. The highest BCUT2D eigenvalue weighted by Gasteiger charge is 2.20. The lowest BCUT2D eigenvalue weighted by Gasteiger charge is -2.23. The van der Waals surface area contributed by atoms with Crippen molar-refractivity contribution in [3.05, 3.63) is 119 Å². The van der Waals surface area contributed by atoms with E-state index in [4.69, 9.17) is 21.3 Å². The molecule has 0 unspecified atom stereocenters. The fraction of sp³-hybridized carbons (Fsp3) is 0.237. The normalized spacial score (nSPS) is 11.9. The van der Waals surface area contributed by atoms with E-state index in [2.05, 4.69) is 107 Å². The van der Waals surface area contributed by atoms with E-state index in [0.29, 0.717) is 28.5 Å². The van der Waals surface area contributed by atoms with Gasteiger partial charge in [-0.2, -0.15) is 0 Å². The predicted molar refractivity (Wildman–Crippen MR) is 178 cm³/mol. The van der Waals surface area contributed by atoms with E-state index in [1.54, 1.807) is 0 Å². The highest BCUT2D eigenvalue weighted by Crippen LogP contribution is 2.40. The standard InChI is InChI=1S/C38H37ClN2O/c1-23(2)27-18-33(24(3)4)38(34(19-27)25(5)6)26-16-17-40-37(20-26)41-35-13-8-7-12-31(35)32-15-14-30(22-36(32)41)42-29-11-9-10-28(39)21-29/h7-25H,1-6H3. The molecule has 0 atom stereocenters. The molecule has 0 aliphatic carbocycles. The number of pyridine rings is 1. The topological polar surface area (TPSA) is 27.1 Å². The summed E-state index contributed by atoms with van der Waals surface area (Å²) >= 11 is 6.22. The first-order valence-electron chi connectivity index (χ1n) is 14.8. The summed E-state index contributed by atoms with van der Waals surface area (Å²) in [6.45, 7) is 13.7. The van der Waals surface area contributed by atoms with Crippen molar-refractivity contribution in [1.29, 1.82) is 0 Å². The van der Waals surface area contributed by atoms with E-state index in [0.717, 1.165) is 28.0 Å². The third-order valence-electron chi connectivity index (χ3n) is 8.07. The van der Waals surface area contributed by atoms with E-state index in [-0.39, 0.29) is 0 Å². The fourth-order valence-corrected chi connectivity index (χ4v) is 6.09. The lowest BCUT2D eigenvalue weighted by Crippen LogP contribution is -2.05. The van der Waals surface area contributed by atoms with Crippen molar-refractivity contribution < 1.29 is 4.74 Å². The number of fused-ring (bicyclic) bond motifs is 3. The van der Waals surface area contributed by atoms with Crippen molar-refractivity contribution >= 4 is 33.4 Å². The SMILES string of the molecule is CC(C)c1cc(C(C)C)c(-c2ccnc(-n3c4ccccc4c4ccc(Oc5cccc(Cl)c5)cc43)c2)c(C(C)C)c1. The van der Waals surface area contributed by atoms with Gasteiger partial charge in [-0.05, 0) is 94.1 Å². The number of aromatic nitrogens is 2. The largest absolute Gasteiger partial charge is 0.457 e. The van der Waals surface area contributed by atoms with E-state index >= 15 is 0 Å². The molecule has 4 aromatic carbocycles. The molecule has 0 fully saturated rings. The van der Waals surface area contributed by atoms with Crippen molar-refractivity contribution in [2.24, 2.45) is 0 Å². The molecular weight excluding hydrogens is 536 g/mol. The molecule has 0 saturated heterocycles. The van der Waals surface area contributed by atoms with Gasteiger partial charge in [-0.1, -0.05) is 89.5 Å². The van der Waals surface area contributed by atoms with Gasteiger partial charge in [-0.3, -0.25) is 4.57 Å². The lowest BCUT2D eigenvalue weighted by atomic mass is 9.82. The molecule has 2 heterocycles. The van der Waals surface area contributed by atoms with Gasteiger partial charge in [-0.15, -0.1) is 0 Å². The summed E-state index contributed by atoms with van der Waals surface area (Å²) in [5, 5.41) is 2.98. The molecule has 3 nitrogen and oxygen atoms in total. The van der Waals surface area contributed by atoms with Crippen LogP contribution in [0.4, 0.5) is 0 Å². The second-order valence-electron chi connectivity index (χ2n) is 12.0. The van der Waals surface area contributed by atoms with Crippen LogP contribution in [0.3, 0.4) is 0 Å². The molecule has 0 saturated carbocycles. The maximum Gasteiger partial charge on any atom is 0.138 e. The Bertz CT molecular complexity index is 1890. The van der Waals surface area contributed by atoms with Crippen molar-refractivity contribution in [3.8, 4) is 28.4 Å². The van der Waals surface area contributed by atoms with Gasteiger partial charge in [-0.25, -0.2) is 4.98 Å². The van der Waals surface area contributed by atoms with Crippen LogP contribution in [0.15, 0.2) is 97.2 Å². The van der Waals surface area contributed by atoms with Crippen LogP contribution in [0, 0.1) is 0 Å². The number of rotatable bonds is 7. The van der Waals surface area contributed by atoms with Gasteiger partial charge in [0, 0.05) is 28.1 Å². The Kier molecular flexibility index (Phi) is 7.55. The molecule has 0 bridgehead atoms. The average molecular weight is 573 g/mol. The molecule has 0 aliphatic heterocycles. The predicted octanol–water partition coefficient (Wildman–Crippen LogP) is 11.7. The van der Waals surface area contributed by atoms with Crippen molar-refractivity contribution in [2.75, 3.05) is 0 Å². The quantitative estimate of drug-likeness (QED) is 0.190. The zero-order chi connectivity index (χ0) is 29.5. The molecule has 0 spiro atoms. The maximum absolute atomic E-state index is 6.24. The first kappa shape index (κ1) is 28.1. The van der Waals surface area contributed by atoms with E-state index in [1.807, 2.05) is 36.5 Å². The molecule has 212 valence electrons. The van der Waals surface area contributed by atoms with Crippen LogP contribution in [0.5, 0.6) is 11.5 Å². The van der Waals surface area contributed by atoms with Crippen molar-refractivity contribution in [1.82, 2.24) is 9.55 Å². The molecule has 6 rings (SSSR count). The molecule has 2 aromatic heterocycles. The number of benzene rings is 4. The Morgan fingerprint density at radius 2 is 1.33 bits per heavy atom. The summed E-state index contributed by atoms with van der Waals surface area (Å²) in [6, 6.07) is 31.5. The molecule has 0 amide bonds. The van der Waals surface area contributed by atoms with Crippen molar-refractivity contribution in [3.63, 3.8) is 0 Å². The van der Waals surface area contributed by atoms with E-state index in [9.17, 15) is 0 Å². The third kappa shape index (κ3) is 5.18. The Balaban J connectivity index is 1.56. The molecular formula is C38H37ClN2O. The minimum atomic E-state index is 0.396. The molecule has 0 radical (unpaired) electrons. The fourth-order valence-electron chi connectivity index (χ4n) is 5.91. The van der Waals surface area contributed by atoms with Gasteiger partial charge >= 0.3 is 0 Å². The molecule has 0 aliphatic rings. The van der Waals surface area contributed by atoms with Gasteiger partial charge in [0.1, 0.15) is 17.3 Å². The van der Waals surface area contributed by atoms with Crippen LogP contribution in [-0.4, -0.2) is 9.55 Å². The first-order valence-corrected chi connectivity index (χ1v) is 15.2. The minimum absolute atomic E-state index is 0.396. The Morgan fingerprint density at radius 3 is 2.02 bits per heavy atom. The molecule has 42 heavy (non-hydrogen) atoms. The van der Waals surface area contributed by atoms with Crippen molar-refractivity contribution in [2.45, 2.75) is 59.3 Å². The zero-order valence-corrected chi connectivity index (χ0v) is 25.9. The number of ether oxygens (including phenoxy) is 1. The Morgan fingerprint density at radius 1 is 0.643 bits per heavy atom. The number of hydrogen-bond donors (Lipinski definition) is 0. The Hall–Kier alpha value is -4.08.